The first kappa shape index (κ1) is 64.4. The van der Waals surface area contributed by atoms with Gasteiger partial charge in [-0.2, -0.15) is 27.0 Å². The lowest BCUT2D eigenvalue weighted by atomic mass is 10.1. The van der Waals surface area contributed by atoms with Gasteiger partial charge in [0.15, 0.2) is 19.9 Å². The summed E-state index contributed by atoms with van der Waals surface area (Å²) in [4.78, 5) is 28.3. The summed E-state index contributed by atoms with van der Waals surface area (Å²) >= 11 is 11.9. The number of ether oxygens (including phenoxy) is 4. The van der Waals surface area contributed by atoms with Gasteiger partial charge in [0.2, 0.25) is 0 Å². The summed E-state index contributed by atoms with van der Waals surface area (Å²) in [5.41, 5.74) is 1.01. The predicted molar refractivity (Wildman–Crippen MR) is 261 cm³/mol. The van der Waals surface area contributed by atoms with Crippen LogP contribution in [-0.4, -0.2) is 112 Å². The van der Waals surface area contributed by atoms with Gasteiger partial charge in [-0.3, -0.25) is 0 Å². The minimum absolute atomic E-state index is 0. The molecule has 2 aromatic carbocycles. The molecule has 2 aromatic rings. The number of hydrogen-bond acceptors (Lipinski definition) is 8. The van der Waals surface area contributed by atoms with Crippen LogP contribution < -0.4 is 10.6 Å². The molecule has 0 bridgehead atoms. The van der Waals surface area contributed by atoms with Crippen LogP contribution in [0, 0.1) is 11.6 Å². The molecule has 2 fully saturated rings. The molecule has 0 spiro atoms. The average molecular weight is 980 g/mol. The minimum atomic E-state index is -2.01. The number of benzene rings is 2. The fraction of sp³-hybridized carbons (Fsp3) is 0.674. The minimum Gasteiger partial charge on any atom is -0.415 e. The topological polar surface area (TPSA) is 131 Å². The third kappa shape index (κ3) is 19.3. The highest BCUT2D eigenvalue weighted by Crippen LogP contribution is 2.37. The first-order valence-electron chi connectivity index (χ1n) is 19.1. The smallest absolute Gasteiger partial charge is 0.317 e. The summed E-state index contributed by atoms with van der Waals surface area (Å²) in [6, 6.07) is 7.66. The Kier molecular flexibility index (Phi) is 28.6. The lowest BCUT2D eigenvalue weighted by molar-refractivity contribution is -0.141. The van der Waals surface area contributed by atoms with E-state index in [-0.39, 0.29) is 108 Å². The summed E-state index contributed by atoms with van der Waals surface area (Å²) in [6.45, 7) is 19.6. The van der Waals surface area contributed by atoms with E-state index in [2.05, 4.69) is 44.5 Å². The van der Waals surface area contributed by atoms with E-state index in [1.165, 1.54) is 23.1 Å². The van der Waals surface area contributed by atoms with Crippen molar-refractivity contribution in [1.82, 2.24) is 20.4 Å². The Labute approximate surface area is 396 Å². The SMILES string of the molecule is C.C.C.CN(C(=O)NCc1cccc(F)c1Cl)[C@H](CO)C[C@@H]1COC(C)(C)O1.CN(C(=O)NCc1cccc(F)c1Cl)[C@H](CO[Si](C)(C)C(C)(C)C)C[C@@H]1COC(C)(C)O1.S.S. The van der Waals surface area contributed by atoms with E-state index in [9.17, 15) is 23.5 Å². The van der Waals surface area contributed by atoms with Crippen LogP contribution in [0.2, 0.25) is 28.2 Å². The van der Waals surface area contributed by atoms with Crippen LogP contribution in [0.5, 0.6) is 0 Å². The van der Waals surface area contributed by atoms with Crippen LogP contribution in [0.15, 0.2) is 36.4 Å². The molecule has 4 atom stereocenters. The molecular formula is C43H78Cl2F2N4O8S2Si. The van der Waals surface area contributed by atoms with Crippen molar-refractivity contribution in [3.63, 3.8) is 0 Å². The first-order chi connectivity index (χ1) is 26.4. The molecule has 2 heterocycles. The van der Waals surface area contributed by atoms with E-state index in [1.54, 1.807) is 37.2 Å². The molecule has 0 aliphatic carbocycles. The molecular weight excluding hydrogens is 902 g/mol. The highest BCUT2D eigenvalue weighted by molar-refractivity contribution is 7.59. The Morgan fingerprint density at radius 3 is 1.52 bits per heavy atom. The van der Waals surface area contributed by atoms with Gasteiger partial charge in [0.25, 0.3) is 0 Å². The van der Waals surface area contributed by atoms with E-state index in [0.717, 1.165) is 0 Å². The van der Waals surface area contributed by atoms with Crippen LogP contribution in [0.4, 0.5) is 18.4 Å². The van der Waals surface area contributed by atoms with Gasteiger partial charge in [0, 0.05) is 27.2 Å². The maximum atomic E-state index is 13.7. The number of amides is 4. The van der Waals surface area contributed by atoms with Gasteiger partial charge in [-0.1, -0.05) is 90.5 Å². The van der Waals surface area contributed by atoms with Gasteiger partial charge < -0.3 is 48.9 Å². The van der Waals surface area contributed by atoms with Crippen LogP contribution >= 0.6 is 50.2 Å². The second-order valence-corrected chi connectivity index (χ2v) is 22.5. The van der Waals surface area contributed by atoms with Crippen molar-refractivity contribution in [3.8, 4) is 0 Å². The van der Waals surface area contributed by atoms with Gasteiger partial charge in [-0.15, -0.1) is 0 Å². The maximum Gasteiger partial charge on any atom is 0.317 e. The number of nitrogens with one attached hydrogen (secondary N) is 2. The van der Waals surface area contributed by atoms with E-state index >= 15 is 0 Å². The zero-order valence-corrected chi connectivity index (χ0v) is 40.7. The Morgan fingerprint density at radius 1 is 0.806 bits per heavy atom. The Bertz CT molecular complexity index is 1670. The number of carbonyl (C=O) groups excluding carboxylic acids is 2. The van der Waals surface area contributed by atoms with Gasteiger partial charge >= 0.3 is 12.1 Å². The van der Waals surface area contributed by atoms with E-state index < -0.39 is 43.6 Å². The molecule has 0 unspecified atom stereocenters. The number of rotatable bonds is 14. The molecule has 4 amide bonds. The van der Waals surface area contributed by atoms with Crippen LogP contribution in [0.25, 0.3) is 0 Å². The molecule has 4 rings (SSSR count). The maximum absolute atomic E-state index is 13.7. The molecule has 0 aromatic heterocycles. The molecule has 2 aliphatic rings. The van der Waals surface area contributed by atoms with Crippen LogP contribution in [0.3, 0.4) is 0 Å². The zero-order chi connectivity index (χ0) is 42.9. The highest BCUT2D eigenvalue weighted by Gasteiger charge is 2.40. The molecule has 62 heavy (non-hydrogen) atoms. The molecule has 0 saturated carbocycles. The molecule has 19 heteroatoms. The second kappa shape index (κ2) is 27.5. The Morgan fingerprint density at radius 2 is 1.18 bits per heavy atom. The van der Waals surface area contributed by atoms with Crippen molar-refractivity contribution in [2.75, 3.05) is 40.5 Å². The van der Waals surface area contributed by atoms with Crippen LogP contribution in [0.1, 0.15) is 94.7 Å². The monoisotopic (exact) mass is 978 g/mol. The number of aliphatic hydroxyl groups excluding tert-OH is 1. The van der Waals surface area contributed by atoms with Crippen molar-refractivity contribution < 1.29 is 46.8 Å². The number of urea groups is 2. The van der Waals surface area contributed by atoms with Crippen molar-refractivity contribution in [2.24, 2.45) is 0 Å². The lowest BCUT2D eigenvalue weighted by Crippen LogP contribution is -2.50. The van der Waals surface area contributed by atoms with Crippen LogP contribution in [-0.2, 0) is 36.5 Å². The number of nitrogens with zero attached hydrogens (tertiary/aromatic N) is 2. The van der Waals surface area contributed by atoms with E-state index in [1.807, 2.05) is 27.7 Å². The number of halogens is 4. The summed E-state index contributed by atoms with van der Waals surface area (Å²) in [5, 5.41) is 15.2. The van der Waals surface area contributed by atoms with Crippen molar-refractivity contribution in [3.05, 3.63) is 69.2 Å². The quantitative estimate of drug-likeness (QED) is 0.160. The summed E-state index contributed by atoms with van der Waals surface area (Å²) < 4.78 is 56.4. The number of aliphatic hydroxyl groups is 1. The van der Waals surface area contributed by atoms with Gasteiger partial charge in [-0.05, 0) is 81.9 Å². The fourth-order valence-corrected chi connectivity index (χ4v) is 7.30. The molecule has 0 radical (unpaired) electrons. The van der Waals surface area contributed by atoms with E-state index in [0.29, 0.717) is 43.8 Å². The van der Waals surface area contributed by atoms with E-state index in [4.69, 9.17) is 46.6 Å². The lowest BCUT2D eigenvalue weighted by Gasteiger charge is -2.39. The third-order valence-electron chi connectivity index (χ3n) is 10.5. The third-order valence-corrected chi connectivity index (χ3v) is 15.9. The van der Waals surface area contributed by atoms with Gasteiger partial charge in [0.05, 0.1) is 60.8 Å². The number of carbonyl (C=O) groups is 2. The van der Waals surface area contributed by atoms with Crippen molar-refractivity contribution in [2.45, 2.75) is 151 Å². The molecule has 12 nitrogen and oxygen atoms in total. The Hall–Kier alpha value is -1.90. The van der Waals surface area contributed by atoms with Gasteiger partial charge in [-0.25, -0.2) is 18.4 Å². The normalized spacial score (nSPS) is 18.3. The zero-order valence-electron chi connectivity index (χ0n) is 36.1. The molecule has 2 aliphatic heterocycles. The largest absolute Gasteiger partial charge is 0.415 e. The summed E-state index contributed by atoms with van der Waals surface area (Å²) in [5.74, 6) is -2.33. The fourth-order valence-electron chi connectivity index (χ4n) is 5.87. The highest BCUT2D eigenvalue weighted by atomic mass is 35.5. The Balaban J connectivity index is -0.00000106. The summed E-state index contributed by atoms with van der Waals surface area (Å²) in [7, 11) is 1.32. The number of hydrogen-bond donors (Lipinski definition) is 3. The van der Waals surface area contributed by atoms with Crippen molar-refractivity contribution in [1.29, 1.82) is 0 Å². The molecule has 2 saturated heterocycles. The first-order valence-corrected chi connectivity index (χ1v) is 22.8. The average Bonchev–Trinajstić information content (AvgIpc) is 3.67. The van der Waals surface area contributed by atoms with Crippen molar-refractivity contribution >= 4 is 70.6 Å². The second-order valence-electron chi connectivity index (χ2n) is 16.9. The standard InChI is InChI=1S/C23H38ClFN2O4Si.C17H24ClFN2O4.3CH4.2H2S/c1-22(2,3)32(7,8)30-14-17(12-18-15-29-23(4,5)31-18)27(6)21(28)26-13-16-10-9-11-19(25)20(16)24;1-17(2)24-10-13(25-17)7-12(9-22)21(3)16(23)20-8-11-5-4-6-14(19)15(11)18;;;;;/h9-11,17-18H,12-15H2,1-8H3,(H,26,28);4-6,12-13,22H,7-10H2,1-3H3,(H,20,23);3*1H4;2*1H2/t17-,18+;12-,13+;;;;;/m00...../s1. The molecule has 362 valence electrons. The summed E-state index contributed by atoms with van der Waals surface area (Å²) in [6.07, 6.45) is 0.707. The molecule has 3 N–H and O–H groups in total. The van der Waals surface area contributed by atoms with Gasteiger partial charge in [0.1, 0.15) is 11.6 Å². The number of likely N-dealkylation sites (N-methyl/N-ethyl adjacent to an activating group) is 2. The predicted octanol–water partition coefficient (Wildman–Crippen LogP) is 10.2.